The lowest BCUT2D eigenvalue weighted by Crippen LogP contribution is -2.31. The molecule has 3 heterocycles. The molecule has 1 saturated carbocycles. The van der Waals surface area contributed by atoms with Crippen LogP contribution in [-0.4, -0.2) is 31.8 Å². The summed E-state index contributed by atoms with van der Waals surface area (Å²) in [7, 11) is 0. The number of carbonyl (C=O) groups excluding carboxylic acids is 1. The molecule has 0 bridgehead atoms. The van der Waals surface area contributed by atoms with E-state index in [-0.39, 0.29) is 18.1 Å². The Kier molecular flexibility index (Phi) is 4.15. The molecule has 1 unspecified atom stereocenters. The number of benzene rings is 1. The predicted molar refractivity (Wildman–Crippen MR) is 106 cm³/mol. The Labute approximate surface area is 162 Å². The monoisotopic (exact) mass is 377 g/mol. The molecule has 0 radical (unpaired) electrons. The SMILES string of the molecule is CC1=C(C(=O)OC2CCCCC2)C(c2c[nH]c3ccccc23)n2ncnc2N1. The minimum Gasteiger partial charge on any atom is -0.459 e. The molecule has 2 aromatic heterocycles. The number of fused-ring (bicyclic) bond motifs is 2. The van der Waals surface area contributed by atoms with E-state index in [0.29, 0.717) is 11.5 Å². The largest absolute Gasteiger partial charge is 0.459 e. The van der Waals surface area contributed by atoms with E-state index >= 15 is 0 Å². The Hall–Kier alpha value is -3.09. The third-order valence-electron chi connectivity index (χ3n) is 5.76. The molecular formula is C21H23N5O2. The van der Waals surface area contributed by atoms with Gasteiger partial charge in [-0.3, -0.25) is 0 Å². The van der Waals surface area contributed by atoms with Crippen molar-refractivity contribution in [2.45, 2.75) is 51.2 Å². The highest BCUT2D eigenvalue weighted by atomic mass is 16.5. The Morgan fingerprint density at radius 2 is 2.04 bits per heavy atom. The number of rotatable bonds is 3. The molecule has 3 aromatic rings. The van der Waals surface area contributed by atoms with Crippen molar-refractivity contribution in [1.82, 2.24) is 19.7 Å². The second-order valence-electron chi connectivity index (χ2n) is 7.55. The van der Waals surface area contributed by atoms with E-state index in [1.54, 1.807) is 4.68 Å². The first kappa shape index (κ1) is 17.0. The molecule has 1 aliphatic carbocycles. The number of para-hydroxylation sites is 1. The summed E-state index contributed by atoms with van der Waals surface area (Å²) >= 11 is 0. The number of allylic oxidation sites excluding steroid dienone is 1. The van der Waals surface area contributed by atoms with Crippen molar-refractivity contribution in [2.24, 2.45) is 0 Å². The van der Waals surface area contributed by atoms with Crippen LogP contribution in [0.5, 0.6) is 0 Å². The molecular weight excluding hydrogens is 354 g/mol. The van der Waals surface area contributed by atoms with Gasteiger partial charge in [0.2, 0.25) is 5.95 Å². The van der Waals surface area contributed by atoms with Gasteiger partial charge in [0.1, 0.15) is 18.5 Å². The molecule has 1 fully saturated rings. The molecule has 0 spiro atoms. The number of nitrogens with one attached hydrogen (secondary N) is 2. The maximum Gasteiger partial charge on any atom is 0.338 e. The van der Waals surface area contributed by atoms with Crippen molar-refractivity contribution >= 4 is 22.8 Å². The number of hydrogen-bond donors (Lipinski definition) is 2. The number of hydrogen-bond acceptors (Lipinski definition) is 5. The molecule has 144 valence electrons. The highest BCUT2D eigenvalue weighted by molar-refractivity contribution is 5.94. The average Bonchev–Trinajstić information content (AvgIpc) is 3.34. The maximum atomic E-state index is 13.3. The second-order valence-corrected chi connectivity index (χ2v) is 7.55. The number of esters is 1. The minimum absolute atomic E-state index is 0.00214. The van der Waals surface area contributed by atoms with Gasteiger partial charge in [-0.05, 0) is 38.7 Å². The fourth-order valence-corrected chi connectivity index (χ4v) is 4.36. The van der Waals surface area contributed by atoms with Gasteiger partial charge in [0.25, 0.3) is 0 Å². The number of nitrogens with zero attached hydrogens (tertiary/aromatic N) is 3. The summed E-state index contributed by atoms with van der Waals surface area (Å²) in [4.78, 5) is 20.9. The average molecular weight is 377 g/mol. The van der Waals surface area contributed by atoms with Crippen LogP contribution in [0.25, 0.3) is 10.9 Å². The molecule has 7 nitrogen and oxygen atoms in total. The maximum absolute atomic E-state index is 13.3. The molecule has 7 heteroatoms. The van der Waals surface area contributed by atoms with Gasteiger partial charge in [-0.2, -0.15) is 10.1 Å². The summed E-state index contributed by atoms with van der Waals surface area (Å²) in [5.74, 6) is 0.357. The zero-order valence-corrected chi connectivity index (χ0v) is 15.8. The lowest BCUT2D eigenvalue weighted by atomic mass is 9.94. The standard InChI is InChI=1S/C21H23N5O2/c1-13-18(20(27)28-14-7-3-2-4-8-14)19(26-21(25-13)23-12-24-26)16-11-22-17-10-6-5-9-15(16)17/h5-6,9-12,14,19,22H,2-4,7-8H2,1H3,(H,23,24,25). The van der Waals surface area contributed by atoms with E-state index in [4.69, 9.17) is 4.74 Å². The fraction of sp³-hybridized carbons (Fsp3) is 0.381. The Morgan fingerprint density at radius 1 is 1.21 bits per heavy atom. The number of aromatic nitrogens is 4. The van der Waals surface area contributed by atoms with E-state index in [9.17, 15) is 4.79 Å². The number of aromatic amines is 1. The smallest absolute Gasteiger partial charge is 0.338 e. The predicted octanol–water partition coefficient (Wildman–Crippen LogP) is 3.92. The van der Waals surface area contributed by atoms with E-state index in [0.717, 1.165) is 47.8 Å². The van der Waals surface area contributed by atoms with Crippen LogP contribution in [0.3, 0.4) is 0 Å². The number of H-pyrrole nitrogens is 1. The van der Waals surface area contributed by atoms with Gasteiger partial charge in [0.15, 0.2) is 0 Å². The molecule has 2 N–H and O–H groups in total. The second kappa shape index (κ2) is 6.82. The molecule has 1 atom stereocenters. The molecule has 0 saturated heterocycles. The quantitative estimate of drug-likeness (QED) is 0.676. The van der Waals surface area contributed by atoms with Gasteiger partial charge in [0, 0.05) is 28.4 Å². The van der Waals surface area contributed by atoms with Gasteiger partial charge < -0.3 is 15.0 Å². The van der Waals surface area contributed by atoms with Crippen LogP contribution >= 0.6 is 0 Å². The lowest BCUT2D eigenvalue weighted by molar-refractivity contribution is -0.146. The van der Waals surface area contributed by atoms with Crippen molar-refractivity contribution in [3.63, 3.8) is 0 Å². The van der Waals surface area contributed by atoms with Gasteiger partial charge in [-0.1, -0.05) is 24.6 Å². The molecule has 1 aromatic carbocycles. The first-order valence-electron chi connectivity index (χ1n) is 9.86. The Bertz CT molecular complexity index is 1060. The molecule has 1 aliphatic heterocycles. The highest BCUT2D eigenvalue weighted by Crippen LogP contribution is 2.38. The molecule has 2 aliphatic rings. The molecule has 28 heavy (non-hydrogen) atoms. The van der Waals surface area contributed by atoms with Gasteiger partial charge in [-0.15, -0.1) is 0 Å². The van der Waals surface area contributed by atoms with Crippen LogP contribution in [0.1, 0.15) is 50.6 Å². The van der Waals surface area contributed by atoms with E-state index in [1.165, 1.54) is 12.7 Å². The van der Waals surface area contributed by atoms with Crippen LogP contribution in [0.4, 0.5) is 5.95 Å². The third-order valence-corrected chi connectivity index (χ3v) is 5.76. The first-order valence-corrected chi connectivity index (χ1v) is 9.86. The minimum atomic E-state index is -0.383. The summed E-state index contributed by atoms with van der Waals surface area (Å²) in [6.45, 7) is 1.90. The van der Waals surface area contributed by atoms with Crippen molar-refractivity contribution in [2.75, 3.05) is 5.32 Å². The lowest BCUT2D eigenvalue weighted by Gasteiger charge is -2.29. The first-order chi connectivity index (χ1) is 13.7. The number of ether oxygens (including phenoxy) is 1. The van der Waals surface area contributed by atoms with Crippen molar-refractivity contribution in [3.8, 4) is 0 Å². The van der Waals surface area contributed by atoms with E-state index in [1.807, 2.05) is 31.3 Å². The van der Waals surface area contributed by atoms with E-state index < -0.39 is 0 Å². The number of anilines is 1. The number of carbonyl (C=O) groups is 1. The van der Waals surface area contributed by atoms with Gasteiger partial charge >= 0.3 is 5.97 Å². The highest BCUT2D eigenvalue weighted by Gasteiger charge is 2.36. The molecule has 0 amide bonds. The van der Waals surface area contributed by atoms with Crippen molar-refractivity contribution in [1.29, 1.82) is 0 Å². The zero-order valence-electron chi connectivity index (χ0n) is 15.8. The van der Waals surface area contributed by atoms with Crippen LogP contribution in [0.15, 0.2) is 48.1 Å². The summed E-state index contributed by atoms with van der Waals surface area (Å²) in [5, 5.41) is 8.67. The summed E-state index contributed by atoms with van der Waals surface area (Å²) in [6.07, 6.45) is 8.80. The van der Waals surface area contributed by atoms with Crippen molar-refractivity contribution < 1.29 is 9.53 Å². The Balaban J connectivity index is 1.58. The van der Waals surface area contributed by atoms with E-state index in [2.05, 4.69) is 26.4 Å². The summed E-state index contributed by atoms with van der Waals surface area (Å²) in [6, 6.07) is 7.69. The van der Waals surface area contributed by atoms with Crippen molar-refractivity contribution in [3.05, 3.63) is 53.6 Å². The van der Waals surface area contributed by atoms with Crippen LogP contribution in [0, 0.1) is 0 Å². The molecule has 5 rings (SSSR count). The summed E-state index contributed by atoms with van der Waals surface area (Å²) < 4.78 is 7.69. The third kappa shape index (κ3) is 2.78. The van der Waals surface area contributed by atoms with Gasteiger partial charge in [-0.25, -0.2) is 9.48 Å². The summed E-state index contributed by atoms with van der Waals surface area (Å²) in [5.41, 5.74) is 3.36. The fourth-order valence-electron chi connectivity index (χ4n) is 4.36. The normalized spacial score (nSPS) is 20.1. The van der Waals surface area contributed by atoms with Gasteiger partial charge in [0.05, 0.1) is 5.57 Å². The van der Waals surface area contributed by atoms with Crippen LogP contribution in [0.2, 0.25) is 0 Å². The zero-order chi connectivity index (χ0) is 19.1. The Morgan fingerprint density at radius 3 is 2.89 bits per heavy atom. The van der Waals surface area contributed by atoms with Crippen LogP contribution in [-0.2, 0) is 9.53 Å². The topological polar surface area (TPSA) is 84.8 Å². The van der Waals surface area contributed by atoms with Crippen LogP contribution < -0.4 is 5.32 Å².